The van der Waals surface area contributed by atoms with Gasteiger partial charge < -0.3 is 39.3 Å². The van der Waals surface area contributed by atoms with E-state index in [9.17, 15) is 24.0 Å². The van der Waals surface area contributed by atoms with Crippen molar-refractivity contribution in [3.63, 3.8) is 0 Å². The van der Waals surface area contributed by atoms with E-state index in [1.165, 1.54) is 27.1 Å². The van der Waals surface area contributed by atoms with Crippen LogP contribution < -0.4 is 5.32 Å². The number of methoxy groups -OCH3 is 2. The highest BCUT2D eigenvalue weighted by Gasteiger charge is 2.52. The number of piperidine rings is 2. The molecule has 0 atom stereocenters. The van der Waals surface area contributed by atoms with Gasteiger partial charge in [0, 0.05) is 103 Å². The van der Waals surface area contributed by atoms with Crippen LogP contribution in [-0.4, -0.2) is 152 Å². The van der Waals surface area contributed by atoms with Crippen molar-refractivity contribution in [1.29, 1.82) is 0 Å². The second-order valence-corrected chi connectivity index (χ2v) is 15.1. The SMILES string of the molecule is CCN(C(C)=O)C1CCN(C2CC3(CCN(C(=O)OC)C3)C2)CC1.CCN(C(C)=O)C1CCNCC1.COC(=O)N1CC2(CCC(=O)C2)C1.Cl. The lowest BCUT2D eigenvalue weighted by molar-refractivity contribution is -0.132. The first-order valence-electron chi connectivity index (χ1n) is 18.6. The van der Waals surface area contributed by atoms with Crippen LogP contribution in [0.3, 0.4) is 0 Å². The maximum absolute atomic E-state index is 11.7. The number of halogens is 1. The molecular formula is C36H63ClN6O7. The summed E-state index contributed by atoms with van der Waals surface area (Å²) in [5, 5.41) is 3.29. The van der Waals surface area contributed by atoms with Crippen LogP contribution in [0.4, 0.5) is 9.59 Å². The zero-order valence-electron chi connectivity index (χ0n) is 31.4. The third-order valence-electron chi connectivity index (χ3n) is 11.9. The molecule has 1 N–H and O–H groups in total. The second-order valence-electron chi connectivity index (χ2n) is 15.1. The Kier molecular flexibility index (Phi) is 15.7. The molecule has 286 valence electrons. The van der Waals surface area contributed by atoms with Crippen molar-refractivity contribution in [3.05, 3.63) is 0 Å². The summed E-state index contributed by atoms with van der Waals surface area (Å²) in [6.45, 7) is 16.5. The zero-order valence-corrected chi connectivity index (χ0v) is 32.2. The van der Waals surface area contributed by atoms with Gasteiger partial charge in [-0.2, -0.15) is 0 Å². The van der Waals surface area contributed by atoms with Crippen molar-refractivity contribution in [3.8, 4) is 0 Å². The summed E-state index contributed by atoms with van der Waals surface area (Å²) >= 11 is 0. The Morgan fingerprint density at radius 2 is 1.26 bits per heavy atom. The minimum absolute atomic E-state index is 0. The summed E-state index contributed by atoms with van der Waals surface area (Å²) in [6.07, 6.45) is 9.74. The van der Waals surface area contributed by atoms with Crippen molar-refractivity contribution < 1.29 is 33.4 Å². The van der Waals surface area contributed by atoms with Crippen molar-refractivity contribution >= 4 is 42.2 Å². The summed E-state index contributed by atoms with van der Waals surface area (Å²) in [5.74, 6) is 0.751. The third-order valence-corrected chi connectivity index (χ3v) is 11.9. The number of nitrogens with one attached hydrogen (secondary N) is 1. The van der Waals surface area contributed by atoms with E-state index in [1.54, 1.807) is 18.7 Å². The molecule has 0 aromatic rings. The Morgan fingerprint density at radius 3 is 1.72 bits per heavy atom. The molecule has 4 saturated heterocycles. The van der Waals surface area contributed by atoms with Crippen LogP contribution in [0.15, 0.2) is 0 Å². The summed E-state index contributed by atoms with van der Waals surface area (Å²) in [6, 6.07) is 1.56. The van der Waals surface area contributed by atoms with Crippen LogP contribution in [0, 0.1) is 10.8 Å². The second kappa shape index (κ2) is 18.7. The summed E-state index contributed by atoms with van der Waals surface area (Å²) in [5.41, 5.74) is 0.454. The maximum Gasteiger partial charge on any atom is 0.409 e. The fourth-order valence-corrected chi connectivity index (χ4v) is 9.20. The fourth-order valence-electron chi connectivity index (χ4n) is 9.20. The topological polar surface area (TPSA) is 132 Å². The van der Waals surface area contributed by atoms with Crippen LogP contribution in [-0.2, 0) is 23.9 Å². The fraction of sp³-hybridized carbons (Fsp3) is 0.861. The smallest absolute Gasteiger partial charge is 0.409 e. The molecule has 6 fully saturated rings. The van der Waals surface area contributed by atoms with Crippen molar-refractivity contribution in [2.45, 2.75) is 110 Å². The first-order valence-corrected chi connectivity index (χ1v) is 18.6. The van der Waals surface area contributed by atoms with Gasteiger partial charge in [0.2, 0.25) is 11.8 Å². The van der Waals surface area contributed by atoms with Gasteiger partial charge in [-0.1, -0.05) is 0 Å². The molecule has 0 radical (unpaired) electrons. The van der Waals surface area contributed by atoms with Gasteiger partial charge >= 0.3 is 12.2 Å². The average Bonchev–Trinajstić information content (AvgIpc) is 3.70. The van der Waals surface area contributed by atoms with Crippen LogP contribution in [0.5, 0.6) is 0 Å². The summed E-state index contributed by atoms with van der Waals surface area (Å²) in [7, 11) is 2.84. The molecule has 14 heteroatoms. The quantitative estimate of drug-likeness (QED) is 0.450. The van der Waals surface area contributed by atoms with Gasteiger partial charge in [0.05, 0.1) is 14.2 Å². The number of ketones is 1. The Morgan fingerprint density at radius 1 is 0.760 bits per heavy atom. The molecule has 0 bridgehead atoms. The van der Waals surface area contributed by atoms with Crippen LogP contribution in [0.2, 0.25) is 0 Å². The van der Waals surface area contributed by atoms with Gasteiger partial charge in [0.1, 0.15) is 5.78 Å². The highest BCUT2D eigenvalue weighted by molar-refractivity contribution is 5.85. The molecule has 6 rings (SSSR count). The number of nitrogens with zero attached hydrogens (tertiary/aromatic N) is 5. The van der Waals surface area contributed by atoms with Crippen molar-refractivity contribution in [2.75, 3.05) is 79.7 Å². The zero-order chi connectivity index (χ0) is 35.8. The number of Topliss-reactive ketones (excluding diaryl/α,β-unsaturated/α-hetero) is 1. The highest BCUT2D eigenvalue weighted by Crippen LogP contribution is 2.50. The third kappa shape index (κ3) is 10.2. The number of hydrogen-bond donors (Lipinski definition) is 1. The minimum atomic E-state index is -0.273. The van der Waals surface area contributed by atoms with Crippen molar-refractivity contribution in [1.82, 2.24) is 29.8 Å². The Bertz CT molecular complexity index is 1160. The summed E-state index contributed by atoms with van der Waals surface area (Å²) < 4.78 is 9.43. The number of ether oxygens (including phenoxy) is 2. The molecule has 2 saturated carbocycles. The molecule has 2 aliphatic carbocycles. The Balaban J connectivity index is 0.000000220. The maximum atomic E-state index is 11.7. The largest absolute Gasteiger partial charge is 0.453 e. The number of hydrogen-bond acceptors (Lipinski definition) is 9. The molecule has 13 nitrogen and oxygen atoms in total. The molecule has 2 spiro atoms. The number of rotatable bonds is 5. The predicted molar refractivity (Wildman–Crippen MR) is 193 cm³/mol. The van der Waals surface area contributed by atoms with Gasteiger partial charge in [-0.25, -0.2) is 9.59 Å². The highest BCUT2D eigenvalue weighted by atomic mass is 35.5. The van der Waals surface area contributed by atoms with Gasteiger partial charge in [-0.3, -0.25) is 14.4 Å². The Labute approximate surface area is 305 Å². The normalized spacial score (nSPS) is 26.0. The molecule has 0 aromatic carbocycles. The lowest BCUT2D eigenvalue weighted by Crippen LogP contribution is -2.57. The molecular weight excluding hydrogens is 664 g/mol. The minimum Gasteiger partial charge on any atom is -0.453 e. The molecule has 4 aliphatic heterocycles. The molecule has 50 heavy (non-hydrogen) atoms. The van der Waals surface area contributed by atoms with Crippen LogP contribution in [0.1, 0.15) is 91.9 Å². The molecule has 4 heterocycles. The monoisotopic (exact) mass is 726 g/mol. The van der Waals surface area contributed by atoms with Crippen LogP contribution in [0.25, 0.3) is 0 Å². The van der Waals surface area contributed by atoms with E-state index < -0.39 is 0 Å². The number of likely N-dealkylation sites (tertiary alicyclic amines) is 3. The molecule has 4 amide bonds. The average molecular weight is 727 g/mol. The predicted octanol–water partition coefficient (Wildman–Crippen LogP) is 3.78. The van der Waals surface area contributed by atoms with E-state index >= 15 is 0 Å². The number of carbonyl (C=O) groups is 5. The Hall–Kier alpha value is -2.64. The lowest BCUT2D eigenvalue weighted by atomic mass is 9.64. The van der Waals surface area contributed by atoms with E-state index in [2.05, 4.69) is 21.9 Å². The van der Waals surface area contributed by atoms with E-state index in [4.69, 9.17) is 4.74 Å². The molecule has 0 aromatic heterocycles. The van der Waals surface area contributed by atoms with E-state index in [1.807, 2.05) is 21.6 Å². The van der Waals surface area contributed by atoms with E-state index in [0.29, 0.717) is 55.3 Å². The number of carbonyl (C=O) groups excluding carboxylic acids is 5. The molecule has 0 unspecified atom stereocenters. The van der Waals surface area contributed by atoms with Gasteiger partial charge in [-0.05, 0) is 83.7 Å². The summed E-state index contributed by atoms with van der Waals surface area (Å²) in [4.78, 5) is 66.8. The van der Waals surface area contributed by atoms with E-state index in [-0.39, 0.29) is 41.8 Å². The molecule has 6 aliphatic rings. The standard InChI is InChI=1S/C18H31N3O3.C9H18N2O.C9H13NO3.ClH/c1-4-21(14(2)22)15-5-8-19(9-6-15)16-11-18(12-16)7-10-20(13-18)17(23)24-3;1-3-11(8(2)12)9-4-6-10-7-5-9;1-13-8(12)10-5-9(6-10)3-2-7(11)4-9;/h15-16H,4-13H2,1-3H3;9-10H,3-7H2,1-2H3;2-6H2,1H3;1H. The van der Waals surface area contributed by atoms with E-state index in [0.717, 1.165) is 90.9 Å². The first-order chi connectivity index (χ1) is 23.4. The number of amides is 4. The first kappa shape index (κ1) is 41.8. The van der Waals surface area contributed by atoms with Crippen LogP contribution >= 0.6 is 12.4 Å². The van der Waals surface area contributed by atoms with Gasteiger partial charge in [0.15, 0.2) is 0 Å². The lowest BCUT2D eigenvalue weighted by Gasteiger charge is -2.52. The van der Waals surface area contributed by atoms with Gasteiger partial charge in [0.25, 0.3) is 0 Å². The van der Waals surface area contributed by atoms with Gasteiger partial charge in [-0.15, -0.1) is 12.4 Å². The van der Waals surface area contributed by atoms with Crippen molar-refractivity contribution in [2.24, 2.45) is 10.8 Å².